The highest BCUT2D eigenvalue weighted by Crippen LogP contribution is 2.24. The van der Waals surface area contributed by atoms with Crippen molar-refractivity contribution in [3.05, 3.63) is 58.6 Å². The summed E-state index contributed by atoms with van der Waals surface area (Å²) >= 11 is 5.95. The highest BCUT2D eigenvalue weighted by Gasteiger charge is 2.09. The summed E-state index contributed by atoms with van der Waals surface area (Å²) in [7, 11) is 0. The predicted molar refractivity (Wildman–Crippen MR) is 73.8 cm³/mol. The van der Waals surface area contributed by atoms with E-state index in [0.29, 0.717) is 16.3 Å². The number of aliphatic imine (C=N–C) groups is 1. The van der Waals surface area contributed by atoms with E-state index < -0.39 is 5.97 Å². The molecular weight excluding hydrogens is 266 g/mol. The van der Waals surface area contributed by atoms with Gasteiger partial charge in [0.1, 0.15) is 11.3 Å². The molecule has 0 aliphatic rings. The number of hydrogen-bond acceptors (Lipinski definition) is 3. The molecule has 0 heterocycles. The zero-order valence-corrected chi connectivity index (χ0v) is 10.5. The Morgan fingerprint density at radius 2 is 1.95 bits per heavy atom. The van der Waals surface area contributed by atoms with Crippen molar-refractivity contribution in [1.29, 1.82) is 0 Å². The van der Waals surface area contributed by atoms with Crippen LogP contribution >= 0.6 is 11.6 Å². The van der Waals surface area contributed by atoms with Crippen LogP contribution in [-0.2, 0) is 0 Å². The lowest BCUT2D eigenvalue weighted by Gasteiger charge is -2.01. The molecule has 2 aromatic rings. The monoisotopic (exact) mass is 275 g/mol. The van der Waals surface area contributed by atoms with Crippen LogP contribution in [0.2, 0.25) is 5.02 Å². The first-order chi connectivity index (χ1) is 9.08. The third-order valence-electron chi connectivity index (χ3n) is 2.46. The molecule has 0 radical (unpaired) electrons. The van der Waals surface area contributed by atoms with Crippen molar-refractivity contribution >= 4 is 29.5 Å². The summed E-state index contributed by atoms with van der Waals surface area (Å²) in [5, 5.41) is 18.8. The van der Waals surface area contributed by atoms with E-state index in [9.17, 15) is 9.90 Å². The molecule has 19 heavy (non-hydrogen) atoms. The molecule has 0 aliphatic heterocycles. The van der Waals surface area contributed by atoms with Gasteiger partial charge in [-0.25, -0.2) is 4.79 Å². The SMILES string of the molecule is O=C(O)c1cc(C=Nc2ccccc2Cl)ccc1O. The molecule has 0 fully saturated rings. The second-order valence-corrected chi connectivity index (χ2v) is 4.20. The zero-order valence-electron chi connectivity index (χ0n) is 9.75. The van der Waals surface area contributed by atoms with E-state index in [0.717, 1.165) is 0 Å². The van der Waals surface area contributed by atoms with E-state index >= 15 is 0 Å². The number of rotatable bonds is 3. The quantitative estimate of drug-likeness (QED) is 0.842. The fourth-order valence-corrected chi connectivity index (χ4v) is 1.69. The summed E-state index contributed by atoms with van der Waals surface area (Å²) in [6, 6.07) is 11.3. The normalized spacial score (nSPS) is 10.8. The number of hydrogen-bond donors (Lipinski definition) is 2. The molecule has 0 amide bonds. The Kier molecular flexibility index (Phi) is 3.82. The Morgan fingerprint density at radius 1 is 1.21 bits per heavy atom. The van der Waals surface area contributed by atoms with Crippen molar-refractivity contribution in [2.75, 3.05) is 0 Å². The van der Waals surface area contributed by atoms with Crippen molar-refractivity contribution in [1.82, 2.24) is 0 Å². The van der Waals surface area contributed by atoms with Gasteiger partial charge in [0.2, 0.25) is 0 Å². The van der Waals surface area contributed by atoms with E-state index in [1.807, 2.05) is 0 Å². The summed E-state index contributed by atoms with van der Waals surface area (Å²) in [5.74, 6) is -1.46. The molecule has 0 saturated heterocycles. The minimum atomic E-state index is -1.19. The Balaban J connectivity index is 2.32. The summed E-state index contributed by atoms with van der Waals surface area (Å²) in [6.07, 6.45) is 1.49. The molecule has 4 nitrogen and oxygen atoms in total. The number of aromatic carboxylic acids is 1. The number of carboxylic acids is 1. The van der Waals surface area contributed by atoms with Crippen molar-refractivity contribution in [3.8, 4) is 5.75 Å². The number of para-hydroxylation sites is 1. The fraction of sp³-hybridized carbons (Fsp3) is 0. The maximum absolute atomic E-state index is 10.9. The molecule has 0 aromatic heterocycles. The van der Waals surface area contributed by atoms with Crippen LogP contribution in [0.25, 0.3) is 0 Å². The molecule has 2 aromatic carbocycles. The van der Waals surface area contributed by atoms with Gasteiger partial charge in [0.25, 0.3) is 0 Å². The Bertz CT molecular complexity index is 653. The molecule has 0 atom stereocenters. The first-order valence-electron chi connectivity index (χ1n) is 5.43. The average Bonchev–Trinajstić information content (AvgIpc) is 2.39. The average molecular weight is 276 g/mol. The lowest BCUT2D eigenvalue weighted by atomic mass is 10.1. The number of aromatic hydroxyl groups is 1. The lowest BCUT2D eigenvalue weighted by Crippen LogP contribution is -1.97. The van der Waals surface area contributed by atoms with E-state index in [1.165, 1.54) is 18.3 Å². The van der Waals surface area contributed by atoms with Crippen LogP contribution in [0.5, 0.6) is 5.75 Å². The summed E-state index contributed by atoms with van der Waals surface area (Å²) in [5.41, 5.74) is 0.993. The van der Waals surface area contributed by atoms with Crippen molar-refractivity contribution in [2.24, 2.45) is 4.99 Å². The summed E-state index contributed by atoms with van der Waals surface area (Å²) < 4.78 is 0. The second kappa shape index (κ2) is 5.54. The predicted octanol–water partition coefficient (Wildman–Crippen LogP) is 3.49. The van der Waals surface area contributed by atoms with Crippen LogP contribution < -0.4 is 0 Å². The number of halogens is 1. The minimum absolute atomic E-state index is 0.164. The lowest BCUT2D eigenvalue weighted by molar-refractivity contribution is 0.0693. The second-order valence-electron chi connectivity index (χ2n) is 3.79. The third kappa shape index (κ3) is 3.11. The number of nitrogens with zero attached hydrogens (tertiary/aromatic N) is 1. The Hall–Kier alpha value is -2.33. The van der Waals surface area contributed by atoms with Gasteiger partial charge in [0.05, 0.1) is 10.7 Å². The first kappa shape index (κ1) is 13.1. The van der Waals surface area contributed by atoms with E-state index in [2.05, 4.69) is 4.99 Å². The van der Waals surface area contributed by atoms with Gasteiger partial charge in [-0.3, -0.25) is 4.99 Å². The van der Waals surface area contributed by atoms with Crippen LogP contribution in [0.4, 0.5) is 5.69 Å². The molecule has 0 aliphatic carbocycles. The molecule has 96 valence electrons. The van der Waals surface area contributed by atoms with Crippen LogP contribution in [0.15, 0.2) is 47.5 Å². The van der Waals surface area contributed by atoms with Gasteiger partial charge in [-0.05, 0) is 35.9 Å². The van der Waals surface area contributed by atoms with E-state index in [1.54, 1.807) is 30.3 Å². The van der Waals surface area contributed by atoms with Gasteiger partial charge >= 0.3 is 5.97 Å². The van der Waals surface area contributed by atoms with E-state index in [-0.39, 0.29) is 11.3 Å². The number of carbonyl (C=O) groups is 1. The zero-order chi connectivity index (χ0) is 13.8. The maximum atomic E-state index is 10.9. The number of benzene rings is 2. The van der Waals surface area contributed by atoms with Crippen LogP contribution in [0.1, 0.15) is 15.9 Å². The first-order valence-corrected chi connectivity index (χ1v) is 5.80. The molecule has 2 N–H and O–H groups in total. The maximum Gasteiger partial charge on any atom is 0.339 e. The van der Waals surface area contributed by atoms with Gasteiger partial charge in [-0.1, -0.05) is 23.7 Å². The standard InChI is InChI=1S/C14H10ClNO3/c15-11-3-1-2-4-12(11)16-8-9-5-6-13(17)10(7-9)14(18)19/h1-8,17H,(H,18,19). The van der Waals surface area contributed by atoms with Gasteiger partial charge < -0.3 is 10.2 Å². The van der Waals surface area contributed by atoms with Gasteiger partial charge in [0.15, 0.2) is 0 Å². The van der Waals surface area contributed by atoms with Crippen molar-refractivity contribution < 1.29 is 15.0 Å². The van der Waals surface area contributed by atoms with Gasteiger partial charge in [0, 0.05) is 6.21 Å². The minimum Gasteiger partial charge on any atom is -0.507 e. The Morgan fingerprint density at radius 3 is 2.63 bits per heavy atom. The van der Waals surface area contributed by atoms with Crippen LogP contribution in [-0.4, -0.2) is 22.4 Å². The van der Waals surface area contributed by atoms with Crippen molar-refractivity contribution in [3.63, 3.8) is 0 Å². The molecule has 5 heteroatoms. The highest BCUT2D eigenvalue weighted by molar-refractivity contribution is 6.33. The highest BCUT2D eigenvalue weighted by atomic mass is 35.5. The smallest absolute Gasteiger partial charge is 0.339 e. The molecule has 0 unspecified atom stereocenters. The van der Waals surface area contributed by atoms with Gasteiger partial charge in [-0.15, -0.1) is 0 Å². The largest absolute Gasteiger partial charge is 0.507 e. The Labute approximate surface area is 114 Å². The molecule has 0 saturated carbocycles. The van der Waals surface area contributed by atoms with Gasteiger partial charge in [-0.2, -0.15) is 0 Å². The topological polar surface area (TPSA) is 69.9 Å². The number of phenols is 1. The summed E-state index contributed by atoms with van der Waals surface area (Å²) in [4.78, 5) is 15.1. The molecule has 0 spiro atoms. The van der Waals surface area contributed by atoms with E-state index in [4.69, 9.17) is 16.7 Å². The fourth-order valence-electron chi connectivity index (χ4n) is 1.51. The summed E-state index contributed by atoms with van der Waals surface area (Å²) in [6.45, 7) is 0. The third-order valence-corrected chi connectivity index (χ3v) is 2.78. The molecule has 2 rings (SSSR count). The van der Waals surface area contributed by atoms with Crippen molar-refractivity contribution in [2.45, 2.75) is 0 Å². The van der Waals surface area contributed by atoms with Crippen LogP contribution in [0.3, 0.4) is 0 Å². The molecule has 0 bridgehead atoms. The molecular formula is C14H10ClNO3. The number of carboxylic acid groups (broad SMARTS) is 1. The van der Waals surface area contributed by atoms with Crippen LogP contribution in [0, 0.1) is 0 Å².